The Morgan fingerprint density at radius 2 is 1.88 bits per heavy atom. The third-order valence-corrected chi connectivity index (χ3v) is 5.08. The third-order valence-electron chi connectivity index (χ3n) is 4.53. The van der Waals surface area contributed by atoms with Gasteiger partial charge in [0.05, 0.1) is 27.2 Å². The van der Waals surface area contributed by atoms with Crippen molar-refractivity contribution in [2.45, 2.75) is 19.3 Å². The molecule has 4 rings (SSSR count). The molecular formula is C18H14Cl2N4O2. The number of benzene rings is 2. The minimum absolute atomic E-state index is 0.323. The van der Waals surface area contributed by atoms with Crippen LogP contribution in [0.5, 0.6) is 0 Å². The Kier molecular flexibility index (Phi) is 3.71. The van der Waals surface area contributed by atoms with E-state index in [1.54, 1.807) is 38.1 Å². The van der Waals surface area contributed by atoms with Gasteiger partial charge in [-0.1, -0.05) is 29.3 Å². The van der Waals surface area contributed by atoms with Gasteiger partial charge in [0.2, 0.25) is 11.9 Å². The van der Waals surface area contributed by atoms with Crippen molar-refractivity contribution in [3.8, 4) is 0 Å². The zero-order valence-corrected chi connectivity index (χ0v) is 15.4. The van der Waals surface area contributed by atoms with E-state index in [0.717, 1.165) is 0 Å². The summed E-state index contributed by atoms with van der Waals surface area (Å²) >= 11 is 12.1. The normalized spacial score (nSPS) is 15.7. The van der Waals surface area contributed by atoms with Gasteiger partial charge in [-0.3, -0.25) is 14.9 Å². The zero-order chi connectivity index (χ0) is 18.6. The van der Waals surface area contributed by atoms with E-state index in [2.05, 4.69) is 20.6 Å². The molecule has 2 aromatic carbocycles. The van der Waals surface area contributed by atoms with Crippen LogP contribution in [-0.4, -0.2) is 21.8 Å². The van der Waals surface area contributed by atoms with Gasteiger partial charge in [-0.05, 0) is 43.7 Å². The topological polar surface area (TPSA) is 86.9 Å². The molecule has 8 heteroatoms. The molecule has 0 spiro atoms. The number of carbonyl (C=O) groups excluding carboxylic acids is 2. The predicted molar refractivity (Wildman–Crippen MR) is 101 cm³/mol. The summed E-state index contributed by atoms with van der Waals surface area (Å²) in [7, 11) is 0. The number of anilines is 2. The number of aromatic nitrogens is 2. The van der Waals surface area contributed by atoms with Gasteiger partial charge in [0.25, 0.3) is 5.91 Å². The molecule has 0 bridgehead atoms. The van der Waals surface area contributed by atoms with Gasteiger partial charge in [0.15, 0.2) is 0 Å². The van der Waals surface area contributed by atoms with Crippen molar-refractivity contribution in [1.29, 1.82) is 0 Å². The standard InChI is InChI=1S/C18H14Cl2N4O2/c1-18(2)9-4-6-12-14(13(9)15(25)24-16(18)26)23-17(22-12)21-11-5-3-8(19)7-10(11)20/h3-7H,1-2H3,(H2,21,22,23)(H,24,25,26). The lowest BCUT2D eigenvalue weighted by Crippen LogP contribution is -2.48. The van der Waals surface area contributed by atoms with Gasteiger partial charge < -0.3 is 10.3 Å². The lowest BCUT2D eigenvalue weighted by Gasteiger charge is -2.30. The van der Waals surface area contributed by atoms with E-state index in [1.807, 2.05) is 6.07 Å². The van der Waals surface area contributed by atoms with Crippen LogP contribution in [0.1, 0.15) is 29.8 Å². The van der Waals surface area contributed by atoms with Crippen LogP contribution in [0.4, 0.5) is 11.6 Å². The van der Waals surface area contributed by atoms with Crippen LogP contribution in [-0.2, 0) is 10.2 Å². The summed E-state index contributed by atoms with van der Waals surface area (Å²) in [6, 6.07) is 8.66. The summed E-state index contributed by atoms with van der Waals surface area (Å²) in [4.78, 5) is 32.2. The first-order valence-corrected chi connectivity index (χ1v) is 8.64. The SMILES string of the molecule is CC1(C)C(=O)NC(=O)c2c1ccc1[nH]c(Nc3ccc(Cl)cc3Cl)nc21. The van der Waals surface area contributed by atoms with E-state index in [1.165, 1.54) is 0 Å². The largest absolute Gasteiger partial charge is 0.324 e. The number of imidazole rings is 1. The molecular weight excluding hydrogens is 375 g/mol. The highest BCUT2D eigenvalue weighted by Crippen LogP contribution is 2.35. The van der Waals surface area contributed by atoms with Gasteiger partial charge >= 0.3 is 0 Å². The minimum Gasteiger partial charge on any atom is -0.324 e. The number of rotatable bonds is 2. The number of aromatic amines is 1. The van der Waals surface area contributed by atoms with Gasteiger partial charge in [-0.15, -0.1) is 0 Å². The molecule has 0 aliphatic carbocycles. The summed E-state index contributed by atoms with van der Waals surface area (Å²) in [5.74, 6) is -0.339. The Balaban J connectivity index is 1.83. The number of hydrogen-bond donors (Lipinski definition) is 3. The van der Waals surface area contributed by atoms with Crippen LogP contribution in [0.3, 0.4) is 0 Å². The Morgan fingerprint density at radius 1 is 1.12 bits per heavy atom. The maximum absolute atomic E-state index is 12.4. The fraction of sp³-hybridized carbons (Fsp3) is 0.167. The molecule has 0 saturated heterocycles. The first-order valence-electron chi connectivity index (χ1n) is 7.88. The molecule has 0 saturated carbocycles. The van der Waals surface area contributed by atoms with Crippen molar-refractivity contribution >= 4 is 57.7 Å². The molecule has 26 heavy (non-hydrogen) atoms. The Labute approximate surface area is 158 Å². The summed E-state index contributed by atoms with van der Waals surface area (Å²) in [6.07, 6.45) is 0. The Bertz CT molecular complexity index is 1090. The van der Waals surface area contributed by atoms with Crippen LogP contribution in [0.25, 0.3) is 11.0 Å². The molecule has 1 aromatic heterocycles. The quantitative estimate of drug-likeness (QED) is 0.575. The Hall–Kier alpha value is -2.57. The van der Waals surface area contributed by atoms with Crippen LogP contribution in [0.2, 0.25) is 10.0 Å². The number of carbonyl (C=O) groups is 2. The van der Waals surface area contributed by atoms with Crippen LogP contribution in [0.15, 0.2) is 30.3 Å². The number of nitrogens with one attached hydrogen (secondary N) is 3. The van der Waals surface area contributed by atoms with Crippen molar-refractivity contribution in [2.75, 3.05) is 5.32 Å². The number of hydrogen-bond acceptors (Lipinski definition) is 4. The summed E-state index contributed by atoms with van der Waals surface area (Å²) in [6.45, 7) is 3.55. The fourth-order valence-electron chi connectivity index (χ4n) is 3.05. The number of imide groups is 1. The molecule has 6 nitrogen and oxygen atoms in total. The van der Waals surface area contributed by atoms with E-state index in [4.69, 9.17) is 23.2 Å². The van der Waals surface area contributed by atoms with E-state index in [-0.39, 0.29) is 5.91 Å². The summed E-state index contributed by atoms with van der Waals surface area (Å²) < 4.78 is 0. The number of amides is 2. The van der Waals surface area contributed by atoms with E-state index < -0.39 is 11.3 Å². The summed E-state index contributed by atoms with van der Waals surface area (Å²) in [5.41, 5.74) is 2.04. The van der Waals surface area contributed by atoms with E-state index >= 15 is 0 Å². The second-order valence-corrected chi connectivity index (χ2v) is 7.47. The highest BCUT2D eigenvalue weighted by Gasteiger charge is 2.40. The molecule has 0 radical (unpaired) electrons. The first kappa shape index (κ1) is 16.9. The maximum Gasteiger partial charge on any atom is 0.260 e. The molecule has 3 aromatic rings. The molecule has 0 unspecified atom stereocenters. The number of nitrogens with zero attached hydrogens (tertiary/aromatic N) is 1. The van der Waals surface area contributed by atoms with Crippen LogP contribution in [0, 0.1) is 0 Å². The second-order valence-electron chi connectivity index (χ2n) is 6.63. The van der Waals surface area contributed by atoms with Crippen molar-refractivity contribution in [2.24, 2.45) is 0 Å². The lowest BCUT2D eigenvalue weighted by atomic mass is 9.78. The summed E-state index contributed by atoms with van der Waals surface area (Å²) in [5, 5.41) is 6.47. The number of halogens is 2. The first-order chi connectivity index (χ1) is 12.3. The molecule has 132 valence electrons. The zero-order valence-electron chi connectivity index (χ0n) is 13.9. The van der Waals surface area contributed by atoms with Crippen molar-refractivity contribution in [1.82, 2.24) is 15.3 Å². The monoisotopic (exact) mass is 388 g/mol. The predicted octanol–water partition coefficient (Wildman–Crippen LogP) is 4.16. The second kappa shape index (κ2) is 5.72. The average molecular weight is 389 g/mol. The van der Waals surface area contributed by atoms with Gasteiger partial charge in [0, 0.05) is 5.02 Å². The highest BCUT2D eigenvalue weighted by molar-refractivity contribution is 6.36. The number of H-pyrrole nitrogens is 1. The smallest absolute Gasteiger partial charge is 0.260 e. The molecule has 2 heterocycles. The van der Waals surface area contributed by atoms with Gasteiger partial charge in [-0.25, -0.2) is 4.98 Å². The molecule has 0 atom stereocenters. The van der Waals surface area contributed by atoms with Gasteiger partial charge in [0.1, 0.15) is 5.52 Å². The fourth-order valence-corrected chi connectivity index (χ4v) is 3.50. The van der Waals surface area contributed by atoms with Crippen molar-refractivity contribution in [3.63, 3.8) is 0 Å². The minimum atomic E-state index is -0.816. The van der Waals surface area contributed by atoms with E-state index in [9.17, 15) is 9.59 Å². The van der Waals surface area contributed by atoms with E-state index in [0.29, 0.717) is 43.8 Å². The molecule has 0 fully saturated rings. The molecule has 1 aliphatic rings. The average Bonchev–Trinajstić information content (AvgIpc) is 2.97. The van der Waals surface area contributed by atoms with Crippen molar-refractivity contribution < 1.29 is 9.59 Å². The van der Waals surface area contributed by atoms with Crippen LogP contribution < -0.4 is 10.6 Å². The van der Waals surface area contributed by atoms with Crippen molar-refractivity contribution in [3.05, 3.63) is 51.5 Å². The van der Waals surface area contributed by atoms with Crippen LogP contribution >= 0.6 is 23.2 Å². The number of fused-ring (bicyclic) bond motifs is 3. The molecule has 1 aliphatic heterocycles. The maximum atomic E-state index is 12.4. The Morgan fingerprint density at radius 3 is 2.62 bits per heavy atom. The molecule has 2 amide bonds. The lowest BCUT2D eigenvalue weighted by molar-refractivity contribution is -0.125. The van der Waals surface area contributed by atoms with Gasteiger partial charge in [-0.2, -0.15) is 0 Å². The highest BCUT2D eigenvalue weighted by atomic mass is 35.5. The molecule has 3 N–H and O–H groups in total. The third kappa shape index (κ3) is 2.53.